The van der Waals surface area contributed by atoms with Crippen LogP contribution in [0.1, 0.15) is 57.5 Å². The number of amides is 3. The van der Waals surface area contributed by atoms with Gasteiger partial charge < -0.3 is 25.4 Å². The van der Waals surface area contributed by atoms with Crippen molar-refractivity contribution in [2.24, 2.45) is 5.92 Å². The molecule has 0 saturated carbocycles. The summed E-state index contributed by atoms with van der Waals surface area (Å²) < 4.78 is 34.9. The summed E-state index contributed by atoms with van der Waals surface area (Å²) in [5.74, 6) is -4.84. The van der Waals surface area contributed by atoms with Crippen LogP contribution in [-0.4, -0.2) is 66.6 Å². The Kier molecular flexibility index (Phi) is 7.14. The van der Waals surface area contributed by atoms with Crippen LogP contribution in [0.25, 0.3) is 0 Å². The Labute approximate surface area is 207 Å². The molecule has 0 radical (unpaired) electrons. The van der Waals surface area contributed by atoms with Crippen molar-refractivity contribution in [3.05, 3.63) is 64.7 Å². The fraction of sp³-hybridized carbons (Fsp3) is 0.423. The number of carboxylic acid groups (broad SMARTS) is 1. The molecule has 2 heterocycles. The van der Waals surface area contributed by atoms with Crippen molar-refractivity contribution >= 4 is 17.9 Å². The Morgan fingerprint density at radius 3 is 2.53 bits per heavy atom. The van der Waals surface area contributed by atoms with Crippen molar-refractivity contribution in [2.75, 3.05) is 26.7 Å². The second kappa shape index (κ2) is 10.1. The van der Waals surface area contributed by atoms with E-state index in [1.165, 1.54) is 13.1 Å². The molecule has 0 aliphatic carbocycles. The number of benzene rings is 2. The molecule has 3 N–H and O–H groups in total. The summed E-state index contributed by atoms with van der Waals surface area (Å²) in [7, 11) is 1.49. The maximum atomic E-state index is 14.4. The Morgan fingerprint density at radius 1 is 1.17 bits per heavy atom. The molecular weight excluding hydrogens is 472 g/mol. The average molecular weight is 502 g/mol. The second-order valence-corrected chi connectivity index (χ2v) is 9.23. The summed E-state index contributed by atoms with van der Waals surface area (Å²) in [6.07, 6.45) is -1.60. The standard InChI is InChI=1S/C26H29F2N3O5/c1-15-21(16-6-4-3-5-7-16)19-12-17(13-20(22(19)36-15)24(33)29-2)23(32)30-10-8-18-9-11-31(25(34)35)14-26(18,27)28/h3-7,12-13,15,18,21H,8-11,14H2,1-2H3,(H,29,33)(H,30,32)(H,34,35). The number of carbonyl (C=O) groups is 3. The van der Waals surface area contributed by atoms with Crippen LogP contribution in [0.5, 0.6) is 5.75 Å². The average Bonchev–Trinajstić information content (AvgIpc) is 3.19. The number of ether oxygens (including phenoxy) is 1. The molecule has 8 nitrogen and oxygen atoms in total. The molecule has 2 aromatic rings. The third-order valence-corrected chi connectivity index (χ3v) is 6.91. The SMILES string of the molecule is CNC(=O)c1cc(C(=O)NCCC2CCN(C(=O)O)CC2(F)F)cc2c1OC(C)C2c1ccccc1. The minimum Gasteiger partial charge on any atom is -0.489 e. The van der Waals surface area contributed by atoms with E-state index in [1.54, 1.807) is 6.07 Å². The number of nitrogens with zero attached hydrogens (tertiary/aromatic N) is 1. The molecule has 0 bridgehead atoms. The van der Waals surface area contributed by atoms with Crippen LogP contribution in [-0.2, 0) is 0 Å². The summed E-state index contributed by atoms with van der Waals surface area (Å²) >= 11 is 0. The number of hydrogen-bond acceptors (Lipinski definition) is 4. The van der Waals surface area contributed by atoms with Gasteiger partial charge in [-0.25, -0.2) is 13.6 Å². The number of rotatable bonds is 6. The Bertz CT molecular complexity index is 1160. The van der Waals surface area contributed by atoms with Crippen molar-refractivity contribution in [1.82, 2.24) is 15.5 Å². The summed E-state index contributed by atoms with van der Waals surface area (Å²) in [4.78, 5) is 37.4. The van der Waals surface area contributed by atoms with Crippen molar-refractivity contribution in [2.45, 2.75) is 37.7 Å². The van der Waals surface area contributed by atoms with Crippen LogP contribution in [0, 0.1) is 5.92 Å². The van der Waals surface area contributed by atoms with E-state index in [1.807, 2.05) is 37.3 Å². The molecule has 10 heteroatoms. The number of hydrogen-bond donors (Lipinski definition) is 3. The van der Waals surface area contributed by atoms with Gasteiger partial charge in [0.2, 0.25) is 0 Å². The first-order chi connectivity index (χ1) is 17.1. The molecule has 192 valence electrons. The summed E-state index contributed by atoms with van der Waals surface area (Å²) in [5.41, 5.74) is 2.17. The van der Waals surface area contributed by atoms with Crippen LogP contribution in [0.3, 0.4) is 0 Å². The summed E-state index contributed by atoms with van der Waals surface area (Å²) in [5, 5.41) is 14.2. The van der Waals surface area contributed by atoms with Crippen molar-refractivity contribution in [1.29, 1.82) is 0 Å². The monoisotopic (exact) mass is 501 g/mol. The van der Waals surface area contributed by atoms with E-state index in [0.29, 0.717) is 16.2 Å². The number of carbonyl (C=O) groups excluding carboxylic acids is 2. The van der Waals surface area contributed by atoms with Gasteiger partial charge in [0.15, 0.2) is 0 Å². The fourth-order valence-corrected chi connectivity index (χ4v) is 5.03. The predicted molar refractivity (Wildman–Crippen MR) is 128 cm³/mol. The van der Waals surface area contributed by atoms with Crippen molar-refractivity contribution in [3.8, 4) is 5.75 Å². The molecular formula is C26H29F2N3O5. The van der Waals surface area contributed by atoms with Gasteiger partial charge in [-0.05, 0) is 37.5 Å². The molecule has 36 heavy (non-hydrogen) atoms. The van der Waals surface area contributed by atoms with Crippen LogP contribution >= 0.6 is 0 Å². The van der Waals surface area contributed by atoms with Gasteiger partial charge in [0.05, 0.1) is 12.1 Å². The minimum atomic E-state index is -3.17. The normalized spacial score (nSPS) is 22.3. The zero-order chi connectivity index (χ0) is 26.0. The van der Waals surface area contributed by atoms with Crippen LogP contribution in [0.4, 0.5) is 13.6 Å². The third kappa shape index (κ3) is 4.98. The molecule has 3 unspecified atom stereocenters. The topological polar surface area (TPSA) is 108 Å². The van der Waals surface area contributed by atoms with E-state index in [0.717, 1.165) is 5.56 Å². The van der Waals surface area contributed by atoms with E-state index < -0.39 is 36.3 Å². The Hall–Kier alpha value is -3.69. The highest BCUT2D eigenvalue weighted by Gasteiger charge is 2.45. The number of halogens is 2. The molecule has 1 saturated heterocycles. The van der Waals surface area contributed by atoms with Gasteiger partial charge in [-0.1, -0.05) is 30.3 Å². The predicted octanol–water partition coefficient (Wildman–Crippen LogP) is 3.71. The van der Waals surface area contributed by atoms with Gasteiger partial charge in [-0.2, -0.15) is 0 Å². The van der Waals surface area contributed by atoms with Crippen molar-refractivity contribution in [3.63, 3.8) is 0 Å². The van der Waals surface area contributed by atoms with Crippen LogP contribution in [0.15, 0.2) is 42.5 Å². The number of fused-ring (bicyclic) bond motifs is 1. The lowest BCUT2D eigenvalue weighted by atomic mass is 9.87. The van der Waals surface area contributed by atoms with Gasteiger partial charge in [0.1, 0.15) is 11.9 Å². The molecule has 0 spiro atoms. The lowest BCUT2D eigenvalue weighted by Crippen LogP contribution is -2.50. The van der Waals surface area contributed by atoms with Crippen molar-refractivity contribution < 1.29 is 33.0 Å². The summed E-state index contributed by atoms with van der Waals surface area (Å²) in [6, 6.07) is 12.8. The lowest BCUT2D eigenvalue weighted by Gasteiger charge is -2.37. The Balaban J connectivity index is 1.52. The van der Waals surface area contributed by atoms with Gasteiger partial charge in [-0.3, -0.25) is 9.59 Å². The molecule has 3 atom stereocenters. The zero-order valence-electron chi connectivity index (χ0n) is 20.1. The van der Waals surface area contributed by atoms with E-state index in [-0.39, 0.29) is 49.1 Å². The zero-order valence-corrected chi connectivity index (χ0v) is 20.1. The maximum absolute atomic E-state index is 14.4. The molecule has 2 aromatic carbocycles. The molecule has 4 rings (SSSR count). The first kappa shape index (κ1) is 25.4. The highest BCUT2D eigenvalue weighted by atomic mass is 19.3. The second-order valence-electron chi connectivity index (χ2n) is 9.23. The van der Waals surface area contributed by atoms with Crippen LogP contribution < -0.4 is 15.4 Å². The highest BCUT2D eigenvalue weighted by molar-refractivity contribution is 6.02. The number of alkyl halides is 2. The Morgan fingerprint density at radius 2 is 1.89 bits per heavy atom. The highest BCUT2D eigenvalue weighted by Crippen LogP contribution is 2.45. The first-order valence-electron chi connectivity index (χ1n) is 11.9. The smallest absolute Gasteiger partial charge is 0.407 e. The van der Waals surface area contributed by atoms with Crippen LogP contribution in [0.2, 0.25) is 0 Å². The first-order valence-corrected chi connectivity index (χ1v) is 11.9. The van der Waals surface area contributed by atoms with Gasteiger partial charge in [0, 0.05) is 43.1 Å². The van der Waals surface area contributed by atoms with E-state index in [2.05, 4.69) is 10.6 Å². The van der Waals surface area contributed by atoms with E-state index in [9.17, 15) is 23.2 Å². The quantitative estimate of drug-likeness (QED) is 0.559. The molecule has 1 fully saturated rings. The maximum Gasteiger partial charge on any atom is 0.407 e. The molecule has 0 aromatic heterocycles. The van der Waals surface area contributed by atoms with Gasteiger partial charge in [0.25, 0.3) is 17.7 Å². The number of nitrogens with one attached hydrogen (secondary N) is 2. The number of piperidine rings is 1. The van der Waals surface area contributed by atoms with Gasteiger partial charge in [-0.15, -0.1) is 0 Å². The largest absolute Gasteiger partial charge is 0.489 e. The molecule has 2 aliphatic heterocycles. The fourth-order valence-electron chi connectivity index (χ4n) is 5.03. The van der Waals surface area contributed by atoms with E-state index >= 15 is 0 Å². The summed E-state index contributed by atoms with van der Waals surface area (Å²) in [6.45, 7) is 1.08. The van der Waals surface area contributed by atoms with Gasteiger partial charge >= 0.3 is 6.09 Å². The third-order valence-electron chi connectivity index (χ3n) is 6.91. The molecule has 3 amide bonds. The minimum absolute atomic E-state index is 0.00618. The molecule has 2 aliphatic rings. The lowest BCUT2D eigenvalue weighted by molar-refractivity contribution is -0.106. The van der Waals surface area contributed by atoms with E-state index in [4.69, 9.17) is 9.84 Å². The number of likely N-dealkylation sites (tertiary alicyclic amines) is 1.